The van der Waals surface area contributed by atoms with Crippen molar-refractivity contribution in [3.63, 3.8) is 0 Å². The Bertz CT molecular complexity index is 521. The fourth-order valence-corrected chi connectivity index (χ4v) is 1.80. The van der Waals surface area contributed by atoms with Crippen LogP contribution < -0.4 is 4.74 Å². The zero-order valence-electron chi connectivity index (χ0n) is 9.77. The Kier molecular flexibility index (Phi) is 3.24. The number of esters is 1. The van der Waals surface area contributed by atoms with Crippen LogP contribution in [0.1, 0.15) is 18.9 Å². The van der Waals surface area contributed by atoms with Crippen molar-refractivity contribution in [2.24, 2.45) is 0 Å². The van der Waals surface area contributed by atoms with Gasteiger partial charge in [-0.1, -0.05) is 43.0 Å². The molecule has 0 bridgehead atoms. The van der Waals surface area contributed by atoms with Crippen LogP contribution in [0.15, 0.2) is 54.6 Å². The summed E-state index contributed by atoms with van der Waals surface area (Å²) in [5.41, 5.74) is 2.94. The smallest absolute Gasteiger partial charge is 0.308 e. The maximum absolute atomic E-state index is 11.0. The van der Waals surface area contributed by atoms with Gasteiger partial charge >= 0.3 is 5.97 Å². The average Bonchev–Trinajstić information content (AvgIpc) is 2.81. The zero-order valence-corrected chi connectivity index (χ0v) is 9.77. The highest BCUT2D eigenvalue weighted by Gasteiger charge is 2.12. The molecule has 1 aromatic carbocycles. The second-order valence-corrected chi connectivity index (χ2v) is 3.89. The number of hydrogen-bond acceptors (Lipinski definition) is 2. The maximum Gasteiger partial charge on any atom is 0.308 e. The van der Waals surface area contributed by atoms with E-state index in [2.05, 4.69) is 12.7 Å². The van der Waals surface area contributed by atoms with Gasteiger partial charge in [-0.25, -0.2) is 0 Å². The van der Waals surface area contributed by atoms with E-state index < -0.39 is 0 Å². The van der Waals surface area contributed by atoms with Gasteiger partial charge in [0, 0.05) is 12.5 Å². The predicted molar refractivity (Wildman–Crippen MR) is 68.6 cm³/mol. The third-order valence-electron chi connectivity index (χ3n) is 2.62. The molecule has 86 valence electrons. The number of carbonyl (C=O) groups excluding carboxylic acids is 1. The Morgan fingerprint density at radius 1 is 1.35 bits per heavy atom. The third kappa shape index (κ3) is 2.53. The van der Waals surface area contributed by atoms with E-state index in [0.717, 1.165) is 23.1 Å². The molecule has 0 saturated heterocycles. The Balaban J connectivity index is 2.31. The molecule has 0 amide bonds. The largest absolute Gasteiger partial charge is 0.426 e. The van der Waals surface area contributed by atoms with E-state index in [1.165, 1.54) is 6.92 Å². The van der Waals surface area contributed by atoms with Gasteiger partial charge in [0.1, 0.15) is 5.75 Å². The number of hydrogen-bond donors (Lipinski definition) is 0. The van der Waals surface area contributed by atoms with Crippen molar-refractivity contribution < 1.29 is 9.53 Å². The van der Waals surface area contributed by atoms with Gasteiger partial charge in [-0.2, -0.15) is 0 Å². The summed E-state index contributed by atoms with van der Waals surface area (Å²) in [6.45, 7) is 5.47. The molecule has 1 aliphatic carbocycles. The first kappa shape index (κ1) is 11.4. The zero-order chi connectivity index (χ0) is 12.3. The molecular weight excluding hydrogens is 212 g/mol. The molecule has 0 radical (unpaired) electrons. The van der Waals surface area contributed by atoms with Crippen LogP contribution in [0.4, 0.5) is 0 Å². The lowest BCUT2D eigenvalue weighted by molar-refractivity contribution is -0.131. The number of allylic oxidation sites excluding steroid dienone is 5. The van der Waals surface area contributed by atoms with Crippen molar-refractivity contribution >= 4 is 11.5 Å². The Morgan fingerprint density at radius 2 is 2.12 bits per heavy atom. The minimum atomic E-state index is -0.316. The lowest BCUT2D eigenvalue weighted by atomic mass is 9.98. The maximum atomic E-state index is 11.0. The summed E-state index contributed by atoms with van der Waals surface area (Å²) in [5.74, 6) is 0.251. The predicted octanol–water partition coefficient (Wildman–Crippen LogP) is 3.51. The van der Waals surface area contributed by atoms with E-state index in [4.69, 9.17) is 4.74 Å². The molecule has 0 spiro atoms. The van der Waals surface area contributed by atoms with E-state index in [0.29, 0.717) is 5.75 Å². The molecule has 0 atom stereocenters. The summed E-state index contributed by atoms with van der Waals surface area (Å²) < 4.78 is 5.18. The number of ether oxygens (including phenoxy) is 1. The van der Waals surface area contributed by atoms with Gasteiger partial charge in [0.05, 0.1) is 0 Å². The summed E-state index contributed by atoms with van der Waals surface area (Å²) in [6, 6.07) is 7.46. The monoisotopic (exact) mass is 226 g/mol. The van der Waals surface area contributed by atoms with Gasteiger partial charge in [-0.15, -0.1) is 0 Å². The van der Waals surface area contributed by atoms with Crippen LogP contribution in [-0.4, -0.2) is 5.97 Å². The van der Waals surface area contributed by atoms with Crippen LogP contribution >= 0.6 is 0 Å². The van der Waals surface area contributed by atoms with Gasteiger partial charge in [-0.05, 0) is 23.6 Å². The molecule has 0 heterocycles. The van der Waals surface area contributed by atoms with Crippen LogP contribution in [0.2, 0.25) is 0 Å². The molecule has 0 saturated carbocycles. The topological polar surface area (TPSA) is 26.3 Å². The van der Waals surface area contributed by atoms with Crippen molar-refractivity contribution in [1.82, 2.24) is 0 Å². The first-order chi connectivity index (χ1) is 8.18. The standard InChI is InChI=1S/C15H14O2/c1-11(13-7-3-4-8-13)14-9-5-6-10-15(14)17-12(2)16/h3-7,9-10H,1,8H2,2H3. The molecule has 0 fully saturated rings. The molecule has 2 heteroatoms. The highest BCUT2D eigenvalue weighted by molar-refractivity contribution is 5.83. The molecule has 0 N–H and O–H groups in total. The summed E-state index contributed by atoms with van der Waals surface area (Å²) in [5, 5.41) is 0. The lowest BCUT2D eigenvalue weighted by Crippen LogP contribution is -2.03. The summed E-state index contributed by atoms with van der Waals surface area (Å²) >= 11 is 0. The number of benzene rings is 1. The number of rotatable bonds is 3. The van der Waals surface area contributed by atoms with Crippen molar-refractivity contribution in [2.75, 3.05) is 0 Å². The second-order valence-electron chi connectivity index (χ2n) is 3.89. The van der Waals surface area contributed by atoms with Crippen LogP contribution in [0.5, 0.6) is 5.75 Å². The van der Waals surface area contributed by atoms with E-state index in [9.17, 15) is 4.79 Å². The molecule has 0 aromatic heterocycles. The minimum Gasteiger partial charge on any atom is -0.426 e. The van der Waals surface area contributed by atoms with Crippen LogP contribution in [0, 0.1) is 0 Å². The molecule has 0 unspecified atom stereocenters. The Labute approximate surface area is 101 Å². The number of para-hydroxylation sites is 1. The van der Waals surface area contributed by atoms with Crippen molar-refractivity contribution in [3.8, 4) is 5.75 Å². The quantitative estimate of drug-likeness (QED) is 0.582. The molecule has 17 heavy (non-hydrogen) atoms. The lowest BCUT2D eigenvalue weighted by Gasteiger charge is -2.12. The van der Waals surface area contributed by atoms with Gasteiger partial charge in [-0.3, -0.25) is 4.79 Å². The average molecular weight is 226 g/mol. The Hall–Kier alpha value is -2.09. The minimum absolute atomic E-state index is 0.316. The molecular formula is C15H14O2. The van der Waals surface area contributed by atoms with Gasteiger partial charge in [0.2, 0.25) is 0 Å². The summed E-state index contributed by atoms with van der Waals surface area (Å²) in [4.78, 5) is 11.0. The molecule has 1 aliphatic rings. The van der Waals surface area contributed by atoms with Crippen LogP contribution in [-0.2, 0) is 4.79 Å². The van der Waals surface area contributed by atoms with Gasteiger partial charge in [0.15, 0.2) is 0 Å². The van der Waals surface area contributed by atoms with Gasteiger partial charge in [0.25, 0.3) is 0 Å². The fraction of sp³-hybridized carbons (Fsp3) is 0.133. The molecule has 2 nitrogen and oxygen atoms in total. The summed E-state index contributed by atoms with van der Waals surface area (Å²) in [6.07, 6.45) is 7.00. The van der Waals surface area contributed by atoms with E-state index in [1.54, 1.807) is 6.07 Å². The highest BCUT2D eigenvalue weighted by Crippen LogP contribution is 2.32. The van der Waals surface area contributed by atoms with Crippen LogP contribution in [0.25, 0.3) is 5.57 Å². The second kappa shape index (κ2) is 4.83. The molecule has 2 rings (SSSR count). The first-order valence-electron chi connectivity index (χ1n) is 5.51. The molecule has 0 aliphatic heterocycles. The number of carbonyl (C=O) groups is 1. The third-order valence-corrected chi connectivity index (χ3v) is 2.62. The van der Waals surface area contributed by atoms with Crippen molar-refractivity contribution in [1.29, 1.82) is 0 Å². The Morgan fingerprint density at radius 3 is 2.76 bits per heavy atom. The van der Waals surface area contributed by atoms with Gasteiger partial charge < -0.3 is 4.74 Å². The van der Waals surface area contributed by atoms with Crippen molar-refractivity contribution in [2.45, 2.75) is 13.3 Å². The van der Waals surface area contributed by atoms with Crippen LogP contribution in [0.3, 0.4) is 0 Å². The normalized spacial score (nSPS) is 13.4. The fourth-order valence-electron chi connectivity index (χ4n) is 1.80. The SMILES string of the molecule is C=C(C1=CC=CC1)c1ccccc1OC(C)=O. The van der Waals surface area contributed by atoms with E-state index >= 15 is 0 Å². The van der Waals surface area contributed by atoms with E-state index in [-0.39, 0.29) is 5.97 Å². The molecule has 1 aromatic rings. The van der Waals surface area contributed by atoms with E-state index in [1.807, 2.05) is 30.4 Å². The first-order valence-corrected chi connectivity index (χ1v) is 5.51. The highest BCUT2D eigenvalue weighted by atomic mass is 16.5. The van der Waals surface area contributed by atoms with Crippen molar-refractivity contribution in [3.05, 3.63) is 60.2 Å². The summed E-state index contributed by atoms with van der Waals surface area (Å²) in [7, 11) is 0.